The summed E-state index contributed by atoms with van der Waals surface area (Å²) in [6.45, 7) is 4.61. The van der Waals surface area contributed by atoms with Gasteiger partial charge in [0.1, 0.15) is 0 Å². The molecule has 42 valence electrons. The highest BCUT2D eigenvalue weighted by Gasteiger charge is 1.91. The smallest absolute Gasteiger partial charge is 0.0128 e. The van der Waals surface area contributed by atoms with Crippen LogP contribution in [0.5, 0.6) is 0 Å². The highest BCUT2D eigenvalue weighted by molar-refractivity contribution is 6.73. The van der Waals surface area contributed by atoms with Crippen LogP contribution in [0.3, 0.4) is 0 Å². The van der Waals surface area contributed by atoms with Crippen LogP contribution in [-0.4, -0.2) is 13.6 Å². The van der Waals surface area contributed by atoms with Crippen molar-refractivity contribution >= 4 is 13.6 Å². The lowest BCUT2D eigenvalue weighted by molar-refractivity contribution is 2.08. The predicted molar refractivity (Wildman–Crippen MR) is 40.8 cm³/mol. The summed E-state index contributed by atoms with van der Waals surface area (Å²) >= 11 is 0. The molecule has 0 saturated heterocycles. The molecule has 0 amide bonds. The van der Waals surface area contributed by atoms with Crippen molar-refractivity contribution in [2.45, 2.75) is 13.1 Å². The van der Waals surface area contributed by atoms with Crippen LogP contribution in [0.15, 0.2) is 24.3 Å². The number of hydrogen-bond acceptors (Lipinski definition) is 0. The summed E-state index contributed by atoms with van der Waals surface area (Å²) in [5.74, 6) is 0. The van der Waals surface area contributed by atoms with Crippen LogP contribution in [-0.2, 0) is 0 Å². The quantitative estimate of drug-likeness (QED) is 0.428. The van der Waals surface area contributed by atoms with E-state index in [1.165, 1.54) is 5.17 Å². The van der Waals surface area contributed by atoms with E-state index < -0.39 is 0 Å². The van der Waals surface area contributed by atoms with Crippen molar-refractivity contribution in [2.24, 2.45) is 0 Å². The van der Waals surface area contributed by atoms with Crippen molar-refractivity contribution in [3.8, 4) is 0 Å². The van der Waals surface area contributed by atoms with Crippen molar-refractivity contribution in [3.63, 3.8) is 0 Å². The average Bonchev–Trinajstić information content (AvgIpc) is 2.12. The molecule has 0 unspecified atom stereocenters. The Labute approximate surface area is 51.8 Å². The fourth-order valence-electron chi connectivity index (χ4n) is 0.707. The van der Waals surface area contributed by atoms with Crippen LogP contribution in [0.25, 0.3) is 0 Å². The largest absolute Gasteiger partial charge is 0.0621 e. The Balaban J connectivity index is 2.90. The maximum Gasteiger partial charge on any atom is 0.0128 e. The van der Waals surface area contributed by atoms with Gasteiger partial charge in [0, 0.05) is 8.41 Å². The maximum atomic E-state index is 2.31. The summed E-state index contributed by atoms with van der Waals surface area (Å²) in [5, 5.41) is 1.54. The van der Waals surface area contributed by atoms with Crippen LogP contribution in [0.2, 0.25) is 13.1 Å². The number of allylic oxidation sites excluding steroid dienone is 4. The Bertz CT molecular complexity index is 155. The summed E-state index contributed by atoms with van der Waals surface area (Å²) in [5.41, 5.74) is 0. The third-order valence-corrected chi connectivity index (χ3v) is 2.73. The molecule has 0 bridgehead atoms. The second-order valence-corrected chi connectivity index (χ2v) is 4.75. The molecular weight excluding hydrogens is 112 g/mol. The minimum Gasteiger partial charge on any atom is -0.0621 e. The van der Waals surface area contributed by atoms with Gasteiger partial charge in [0.15, 0.2) is 0 Å². The Morgan fingerprint density at radius 3 is 1.88 bits per heavy atom. The molecule has 1 rings (SSSR count). The van der Waals surface area contributed by atoms with E-state index in [2.05, 4.69) is 37.4 Å². The zero-order valence-corrected chi connectivity index (χ0v) is 6.31. The number of hydrogen-bond donors (Lipinski definition) is 0. The van der Waals surface area contributed by atoms with E-state index in [4.69, 9.17) is 0 Å². The summed E-state index contributed by atoms with van der Waals surface area (Å²) in [6.07, 6.45) is 8.61. The fourth-order valence-corrected chi connectivity index (χ4v) is 1.57. The van der Waals surface area contributed by atoms with Crippen LogP contribution in [0.1, 0.15) is 0 Å². The second-order valence-electron chi connectivity index (χ2n) is 2.17. The normalized spacial score (nSPS) is 15.5. The van der Waals surface area contributed by atoms with E-state index in [0.29, 0.717) is 0 Å². The lowest BCUT2D eigenvalue weighted by Crippen LogP contribution is -1.99. The maximum absolute atomic E-state index is 2.31. The molecule has 0 nitrogen and oxygen atoms in total. The Morgan fingerprint density at radius 1 is 1.12 bits per heavy atom. The molecule has 0 fully saturated rings. The molecule has 0 heterocycles. The first-order chi connectivity index (χ1) is 3.80. The monoisotopic (exact) mass is 122 g/mol. The molecule has 0 radical (unpaired) electrons. The van der Waals surface area contributed by atoms with Gasteiger partial charge in [-0.2, -0.15) is 0 Å². The van der Waals surface area contributed by atoms with Gasteiger partial charge in [-0.25, -0.2) is 0 Å². The topological polar surface area (TPSA) is 0 Å². The molecule has 1 heteroatoms. The lowest BCUT2D eigenvalue weighted by atomic mass is 10.5. The van der Waals surface area contributed by atoms with Gasteiger partial charge < -0.3 is 0 Å². The van der Waals surface area contributed by atoms with Gasteiger partial charge in [-0.05, 0) is 5.17 Å². The van der Waals surface area contributed by atoms with E-state index in [1.54, 1.807) is 0 Å². The fraction of sp³-hybridized carbons (Fsp3) is 0.286. The van der Waals surface area contributed by atoms with Crippen molar-refractivity contribution in [1.29, 1.82) is 0 Å². The van der Waals surface area contributed by atoms with Crippen LogP contribution >= 0.6 is 0 Å². The molecule has 1 aliphatic rings. The van der Waals surface area contributed by atoms with Crippen molar-refractivity contribution in [1.82, 2.24) is 0 Å². The van der Waals surface area contributed by atoms with E-state index in [0.717, 1.165) is 0 Å². The zero-order chi connectivity index (χ0) is 5.98. The van der Waals surface area contributed by atoms with Gasteiger partial charge in [0.05, 0.1) is 0 Å². The molecule has 0 aromatic carbocycles. The molecule has 0 atom stereocenters. The van der Waals surface area contributed by atoms with Crippen molar-refractivity contribution in [2.75, 3.05) is 0 Å². The van der Waals surface area contributed by atoms with Crippen molar-refractivity contribution < 1.29 is 0 Å². The third-order valence-electron chi connectivity index (χ3n) is 1.24. The average molecular weight is 122 g/mol. The molecule has 0 aromatic rings. The predicted octanol–water partition coefficient (Wildman–Crippen LogP) is 1.62. The van der Waals surface area contributed by atoms with Crippen molar-refractivity contribution in [3.05, 3.63) is 24.3 Å². The van der Waals surface area contributed by atoms with Gasteiger partial charge >= 0.3 is 0 Å². The highest BCUT2D eigenvalue weighted by atomic mass is 28.2. The molecular formula is C7H10Si. The summed E-state index contributed by atoms with van der Waals surface area (Å²) < 4.78 is 0. The van der Waals surface area contributed by atoms with Crippen LogP contribution in [0, 0.1) is 0 Å². The Hall–Kier alpha value is -0.433. The highest BCUT2D eigenvalue weighted by Crippen LogP contribution is 1.93. The van der Waals surface area contributed by atoms with Crippen LogP contribution in [0.4, 0.5) is 0 Å². The van der Waals surface area contributed by atoms with E-state index in [1.807, 2.05) is 0 Å². The van der Waals surface area contributed by atoms with Gasteiger partial charge in [-0.3, -0.25) is 0 Å². The van der Waals surface area contributed by atoms with E-state index >= 15 is 0 Å². The summed E-state index contributed by atoms with van der Waals surface area (Å²) in [4.78, 5) is 0. The molecule has 0 aromatic heterocycles. The molecule has 8 heavy (non-hydrogen) atoms. The lowest BCUT2D eigenvalue weighted by Gasteiger charge is -1.88. The molecule has 0 spiro atoms. The molecule has 1 aliphatic carbocycles. The minimum absolute atomic E-state index is 0.169. The molecule has 0 aliphatic heterocycles. The molecule has 0 saturated carbocycles. The van der Waals surface area contributed by atoms with E-state index in [9.17, 15) is 0 Å². The first-order valence-corrected chi connectivity index (χ1v) is 5.33. The van der Waals surface area contributed by atoms with Gasteiger partial charge in [-0.1, -0.05) is 37.4 Å². The standard InChI is InChI=1S/C7H10Si/c1-8(2)7-5-3-4-6-7/h3-6H,1-2H3. The summed E-state index contributed by atoms with van der Waals surface area (Å²) in [7, 11) is -0.169. The summed E-state index contributed by atoms with van der Waals surface area (Å²) in [6, 6.07) is 0. The first kappa shape index (κ1) is 5.70. The van der Waals surface area contributed by atoms with Crippen LogP contribution < -0.4 is 0 Å². The van der Waals surface area contributed by atoms with Gasteiger partial charge in [-0.15, -0.1) is 0 Å². The van der Waals surface area contributed by atoms with Gasteiger partial charge in [0.2, 0.25) is 0 Å². The second kappa shape index (κ2) is 2.22. The van der Waals surface area contributed by atoms with Gasteiger partial charge in [0.25, 0.3) is 0 Å². The third kappa shape index (κ3) is 1.04. The van der Waals surface area contributed by atoms with E-state index in [-0.39, 0.29) is 8.41 Å². The first-order valence-electron chi connectivity index (χ1n) is 2.83. The minimum atomic E-state index is -0.169. The number of rotatable bonds is 0. The SMILES string of the molecule is C[Si](C)=C1C=CC=C1. The Morgan fingerprint density at radius 2 is 1.62 bits per heavy atom. The Kier molecular flexibility index (Phi) is 1.58. The zero-order valence-electron chi connectivity index (χ0n) is 5.31. The molecule has 0 N–H and O–H groups in total.